The monoisotopic (exact) mass is 694 g/mol. The summed E-state index contributed by atoms with van der Waals surface area (Å²) in [5, 5.41) is 13.5. The highest BCUT2D eigenvalue weighted by Gasteiger charge is 2.67. The minimum absolute atomic E-state index is 0.0312. The molecule has 1 N–H and O–H groups in total. The number of methoxy groups -OCH3 is 2. The quantitative estimate of drug-likeness (QED) is 0.118. The van der Waals surface area contributed by atoms with Gasteiger partial charge in [-0.1, -0.05) is 19.9 Å². The summed E-state index contributed by atoms with van der Waals surface area (Å²) in [5.41, 5.74) is 4.84. The van der Waals surface area contributed by atoms with Crippen LogP contribution in [0.1, 0.15) is 89.2 Å². The molecule has 0 saturated heterocycles. The summed E-state index contributed by atoms with van der Waals surface area (Å²) in [6, 6.07) is 8.37. The van der Waals surface area contributed by atoms with E-state index in [1.165, 1.54) is 16.8 Å². The molecule has 2 bridgehead atoms. The summed E-state index contributed by atoms with van der Waals surface area (Å²) < 4.78 is 31.8. The van der Waals surface area contributed by atoms with Crippen LogP contribution in [0.3, 0.4) is 0 Å². The molecule has 4 aliphatic carbocycles. The maximum atomic E-state index is 14.3. The Morgan fingerprint density at radius 3 is 2.63 bits per heavy atom. The van der Waals surface area contributed by atoms with Crippen molar-refractivity contribution in [3.8, 4) is 34.3 Å². The van der Waals surface area contributed by atoms with Crippen molar-refractivity contribution in [3.05, 3.63) is 53.7 Å². The first-order valence-electron chi connectivity index (χ1n) is 19.1. The van der Waals surface area contributed by atoms with Crippen LogP contribution in [-0.4, -0.2) is 44.3 Å². The van der Waals surface area contributed by atoms with Crippen LogP contribution in [0, 0.1) is 28.1 Å². The minimum Gasteiger partial charge on any atom is -0.493 e. The molecule has 3 heterocycles. The Morgan fingerprint density at radius 1 is 1.02 bits per heavy atom. The summed E-state index contributed by atoms with van der Waals surface area (Å²) in [6.07, 6.45) is 13.3. The van der Waals surface area contributed by atoms with Crippen molar-refractivity contribution >= 4 is 16.7 Å². The summed E-state index contributed by atoms with van der Waals surface area (Å²) in [4.78, 5) is 14.3. The number of aliphatic hydroxyl groups is 1. The highest BCUT2D eigenvalue weighted by atomic mass is 16.7. The van der Waals surface area contributed by atoms with Gasteiger partial charge in [0.1, 0.15) is 0 Å². The van der Waals surface area contributed by atoms with Gasteiger partial charge in [0.25, 0.3) is 0 Å². The van der Waals surface area contributed by atoms with Crippen LogP contribution in [-0.2, 0) is 28.9 Å². The predicted octanol–water partition coefficient (Wildman–Crippen LogP) is 7.66. The first-order valence-corrected chi connectivity index (χ1v) is 19.1. The zero-order valence-corrected chi connectivity index (χ0v) is 30.7. The third-order valence-corrected chi connectivity index (χ3v) is 14.7. The Morgan fingerprint density at radius 2 is 1.82 bits per heavy atom. The molecule has 2 aliphatic heterocycles. The standard InChI is InChI=1S/C43H52NO7/c1-26-22-42-16-11-35-40(2,36(42)12-17-43(26,46)24-42)14-7-15-41(35,3)39(45)49-19-6-8-29-28-9-10-32(47-4)38(48-5)31(28)23-44-18-13-27-20-33-34(51-25-50-33)21-30(27)37(29)44/h9-10,20-21,23,35-36,46H,1,6-8,11-19,22,24-25H2,2-5H3/q+1/t35-,36-,40+,41+,42+,43-/m0/s1. The molecule has 0 unspecified atom stereocenters. The lowest BCUT2D eigenvalue weighted by Gasteiger charge is -2.63. The van der Waals surface area contributed by atoms with Gasteiger partial charge in [0.05, 0.1) is 42.8 Å². The maximum absolute atomic E-state index is 14.3. The fraction of sp³-hybridized carbons (Fsp3) is 0.581. The van der Waals surface area contributed by atoms with E-state index in [-0.39, 0.29) is 29.5 Å². The highest BCUT2D eigenvalue weighted by Crippen LogP contribution is 2.73. The molecular formula is C43H52NO7+. The van der Waals surface area contributed by atoms with Gasteiger partial charge in [0, 0.05) is 17.4 Å². The van der Waals surface area contributed by atoms with E-state index in [0.717, 1.165) is 116 Å². The van der Waals surface area contributed by atoms with Gasteiger partial charge in [0.15, 0.2) is 35.7 Å². The molecule has 4 fully saturated rings. The lowest BCUT2D eigenvalue weighted by atomic mass is 9.41. The van der Waals surface area contributed by atoms with Gasteiger partial charge in [-0.25, -0.2) is 0 Å². The summed E-state index contributed by atoms with van der Waals surface area (Å²) >= 11 is 0. The second kappa shape index (κ2) is 11.6. The van der Waals surface area contributed by atoms with Crippen molar-refractivity contribution in [1.82, 2.24) is 0 Å². The van der Waals surface area contributed by atoms with E-state index in [4.69, 9.17) is 23.7 Å². The summed E-state index contributed by atoms with van der Waals surface area (Å²) in [5.74, 6) is 3.78. The van der Waals surface area contributed by atoms with Gasteiger partial charge < -0.3 is 28.8 Å². The zero-order valence-electron chi connectivity index (χ0n) is 30.7. The van der Waals surface area contributed by atoms with Crippen molar-refractivity contribution in [1.29, 1.82) is 0 Å². The van der Waals surface area contributed by atoms with Crippen LogP contribution < -0.4 is 23.5 Å². The first kappa shape index (κ1) is 33.1. The molecule has 6 atom stereocenters. The molecule has 51 heavy (non-hydrogen) atoms. The van der Waals surface area contributed by atoms with Crippen molar-refractivity contribution in [3.63, 3.8) is 0 Å². The number of pyridine rings is 1. The number of esters is 1. The smallest absolute Gasteiger partial charge is 0.312 e. The van der Waals surface area contributed by atoms with Gasteiger partial charge in [-0.2, -0.15) is 4.57 Å². The molecule has 4 saturated carbocycles. The van der Waals surface area contributed by atoms with Gasteiger partial charge in [-0.3, -0.25) is 4.79 Å². The van der Waals surface area contributed by atoms with Crippen LogP contribution in [0.5, 0.6) is 23.0 Å². The van der Waals surface area contributed by atoms with Crippen LogP contribution in [0.25, 0.3) is 22.0 Å². The largest absolute Gasteiger partial charge is 0.493 e. The Hall–Kier alpha value is -3.78. The number of hydrogen-bond donors (Lipinski definition) is 1. The van der Waals surface area contributed by atoms with E-state index < -0.39 is 11.0 Å². The normalized spacial score (nSPS) is 32.8. The van der Waals surface area contributed by atoms with Crippen molar-refractivity contribution in [2.75, 3.05) is 27.6 Å². The lowest BCUT2D eigenvalue weighted by molar-refractivity contribution is -0.686. The van der Waals surface area contributed by atoms with Crippen molar-refractivity contribution in [2.24, 2.45) is 28.1 Å². The number of ether oxygens (including phenoxy) is 5. The number of benzene rings is 2. The molecule has 8 heteroatoms. The van der Waals surface area contributed by atoms with Gasteiger partial charge in [-0.15, -0.1) is 0 Å². The molecule has 3 aromatic rings. The van der Waals surface area contributed by atoms with E-state index in [0.29, 0.717) is 24.7 Å². The number of carbonyl (C=O) groups excluding carboxylic acids is 1. The van der Waals surface area contributed by atoms with Crippen LogP contribution in [0.4, 0.5) is 0 Å². The first-order chi connectivity index (χ1) is 24.5. The number of aromatic nitrogens is 1. The number of nitrogens with zero attached hydrogens (tertiary/aromatic N) is 1. The van der Waals surface area contributed by atoms with Gasteiger partial charge in [-0.05, 0) is 129 Å². The van der Waals surface area contributed by atoms with E-state index in [1.807, 2.05) is 6.07 Å². The average molecular weight is 695 g/mol. The Kier molecular flexibility index (Phi) is 7.53. The molecule has 2 aromatic carbocycles. The number of hydrogen-bond acceptors (Lipinski definition) is 7. The summed E-state index contributed by atoms with van der Waals surface area (Å²) in [6.45, 7) is 10.4. The number of carbonyl (C=O) groups is 1. The van der Waals surface area contributed by atoms with E-state index >= 15 is 0 Å². The third-order valence-electron chi connectivity index (χ3n) is 14.7. The Balaban J connectivity index is 0.983. The van der Waals surface area contributed by atoms with Gasteiger partial charge in [0.2, 0.25) is 12.5 Å². The predicted molar refractivity (Wildman–Crippen MR) is 193 cm³/mol. The highest BCUT2D eigenvalue weighted by molar-refractivity contribution is 5.95. The second-order valence-electron chi connectivity index (χ2n) is 17.1. The minimum atomic E-state index is -0.681. The van der Waals surface area contributed by atoms with Crippen molar-refractivity contribution < 1.29 is 38.2 Å². The SMILES string of the molecule is C=C1C[C@@]23CC[C@H]4[C@@](C)(CCC[C@@]4(C)C(=O)OCCCc4c5[n+](cc6c(OC)c(OC)ccc46)CCc4cc6c(cc4-5)OCO6)[C@@H]2CC[C@]1(O)C3. The van der Waals surface area contributed by atoms with Crippen LogP contribution >= 0.6 is 0 Å². The fourth-order valence-corrected chi connectivity index (χ4v) is 12.4. The Labute approximate surface area is 301 Å². The van der Waals surface area contributed by atoms with E-state index in [2.05, 4.69) is 49.4 Å². The lowest BCUT2D eigenvalue weighted by Crippen LogP contribution is -2.59. The molecule has 0 amide bonds. The second-order valence-corrected chi connectivity index (χ2v) is 17.1. The van der Waals surface area contributed by atoms with Crippen LogP contribution in [0.15, 0.2) is 42.6 Å². The molecule has 9 rings (SSSR count). The average Bonchev–Trinajstić information content (AvgIpc) is 3.65. The molecular weight excluding hydrogens is 642 g/mol. The molecule has 8 nitrogen and oxygen atoms in total. The number of aryl methyl sites for hydroxylation is 3. The number of fused-ring (bicyclic) bond motifs is 8. The number of rotatable bonds is 7. The molecule has 0 radical (unpaired) electrons. The van der Waals surface area contributed by atoms with Crippen molar-refractivity contribution in [2.45, 2.75) is 103 Å². The summed E-state index contributed by atoms with van der Waals surface area (Å²) in [7, 11) is 3.36. The van der Waals surface area contributed by atoms with E-state index in [9.17, 15) is 9.90 Å². The molecule has 1 aromatic heterocycles. The zero-order chi connectivity index (χ0) is 35.3. The molecule has 270 valence electrons. The van der Waals surface area contributed by atoms with Gasteiger partial charge >= 0.3 is 5.97 Å². The molecule has 6 aliphatic rings. The Bertz CT molecular complexity index is 1970. The molecule has 1 spiro atoms. The third kappa shape index (κ3) is 4.73. The van der Waals surface area contributed by atoms with E-state index in [1.54, 1.807) is 14.2 Å². The maximum Gasteiger partial charge on any atom is 0.312 e. The topological polar surface area (TPSA) is 87.3 Å². The van der Waals surface area contributed by atoms with Crippen LogP contribution in [0.2, 0.25) is 0 Å². The fourth-order valence-electron chi connectivity index (χ4n) is 12.4.